The highest BCUT2D eigenvalue weighted by Gasteiger charge is 2.25. The molecule has 108 valence electrons. The molecule has 1 fully saturated rings. The molecule has 0 saturated heterocycles. The zero-order valence-electron chi connectivity index (χ0n) is 13.3. The topological polar surface area (TPSA) is 12.0 Å². The molecule has 0 amide bonds. The third-order valence-electron chi connectivity index (χ3n) is 3.83. The minimum Gasteiger partial charge on any atom is -0.311 e. The molecule has 2 heteroatoms. The van der Waals surface area contributed by atoms with Crippen molar-refractivity contribution in [2.75, 3.05) is 6.54 Å². The number of rotatable bonds is 5. The molecule has 1 N–H and O–H groups in total. The van der Waals surface area contributed by atoms with Gasteiger partial charge in [0.05, 0.1) is 0 Å². The lowest BCUT2D eigenvalue weighted by molar-refractivity contribution is 0.387. The van der Waals surface area contributed by atoms with Gasteiger partial charge in [0.2, 0.25) is 0 Å². The lowest BCUT2D eigenvalue weighted by Crippen LogP contribution is -2.42. The van der Waals surface area contributed by atoms with Crippen molar-refractivity contribution >= 4 is 11.8 Å². The zero-order valence-corrected chi connectivity index (χ0v) is 14.1. The predicted molar refractivity (Wildman–Crippen MR) is 85.4 cm³/mol. The molecule has 0 aromatic heterocycles. The van der Waals surface area contributed by atoms with Gasteiger partial charge < -0.3 is 5.32 Å². The van der Waals surface area contributed by atoms with Crippen LogP contribution >= 0.6 is 11.8 Å². The molecule has 3 unspecified atom stereocenters. The summed E-state index contributed by atoms with van der Waals surface area (Å²) in [7, 11) is 0. The summed E-state index contributed by atoms with van der Waals surface area (Å²) >= 11 is 2.26. The fourth-order valence-electron chi connectivity index (χ4n) is 2.60. The van der Waals surface area contributed by atoms with Gasteiger partial charge in [-0.15, -0.1) is 0 Å². The van der Waals surface area contributed by atoms with Crippen LogP contribution in [0, 0.1) is 11.8 Å². The van der Waals surface area contributed by atoms with Crippen LogP contribution in [0.25, 0.3) is 0 Å². The van der Waals surface area contributed by atoms with Crippen molar-refractivity contribution < 1.29 is 0 Å². The van der Waals surface area contributed by atoms with Crippen LogP contribution in [-0.2, 0) is 0 Å². The second-order valence-electron chi connectivity index (χ2n) is 7.44. The third-order valence-corrected chi connectivity index (χ3v) is 5.71. The van der Waals surface area contributed by atoms with Crippen LogP contribution in [0.2, 0.25) is 0 Å². The lowest BCUT2D eigenvalue weighted by atomic mass is 9.90. The van der Waals surface area contributed by atoms with Crippen molar-refractivity contribution in [1.82, 2.24) is 5.32 Å². The van der Waals surface area contributed by atoms with E-state index in [2.05, 4.69) is 58.6 Å². The largest absolute Gasteiger partial charge is 0.311 e. The van der Waals surface area contributed by atoms with E-state index in [1.807, 2.05) is 0 Å². The molecule has 0 bridgehead atoms. The van der Waals surface area contributed by atoms with Crippen LogP contribution in [0.1, 0.15) is 67.2 Å². The van der Waals surface area contributed by atoms with Gasteiger partial charge in [0.1, 0.15) is 0 Å². The maximum Gasteiger partial charge on any atom is 0.0198 e. The second-order valence-corrected chi connectivity index (χ2v) is 8.99. The van der Waals surface area contributed by atoms with E-state index in [-0.39, 0.29) is 5.54 Å². The standard InChI is InChI=1S/C16H33NS/c1-12(2)15(11-17-16(4,5)6)18-14-9-7-8-13(3)10-14/h12-15,17H,7-11H2,1-6H3. The molecule has 1 aliphatic carbocycles. The molecule has 1 saturated carbocycles. The fourth-order valence-corrected chi connectivity index (χ4v) is 4.33. The quantitative estimate of drug-likeness (QED) is 0.777. The molecule has 0 spiro atoms. The SMILES string of the molecule is CC1CCCC(SC(CNC(C)(C)C)C(C)C)C1. The minimum absolute atomic E-state index is 0.244. The summed E-state index contributed by atoms with van der Waals surface area (Å²) in [4.78, 5) is 0. The first-order valence-electron chi connectivity index (χ1n) is 7.68. The van der Waals surface area contributed by atoms with Gasteiger partial charge in [-0.2, -0.15) is 11.8 Å². The van der Waals surface area contributed by atoms with E-state index < -0.39 is 0 Å². The van der Waals surface area contributed by atoms with Gasteiger partial charge in [0, 0.05) is 22.6 Å². The molecule has 1 rings (SSSR count). The van der Waals surface area contributed by atoms with Crippen LogP contribution < -0.4 is 5.32 Å². The molecule has 1 aliphatic rings. The zero-order chi connectivity index (χ0) is 13.8. The van der Waals surface area contributed by atoms with Gasteiger partial charge in [-0.3, -0.25) is 0 Å². The van der Waals surface area contributed by atoms with Gasteiger partial charge in [0.25, 0.3) is 0 Å². The molecule has 18 heavy (non-hydrogen) atoms. The van der Waals surface area contributed by atoms with E-state index in [0.29, 0.717) is 0 Å². The Labute approximate surface area is 119 Å². The van der Waals surface area contributed by atoms with Gasteiger partial charge in [-0.1, -0.05) is 33.6 Å². The normalized spacial score (nSPS) is 27.5. The average Bonchev–Trinajstić information content (AvgIpc) is 2.22. The third kappa shape index (κ3) is 6.47. The maximum atomic E-state index is 3.68. The van der Waals surface area contributed by atoms with E-state index in [9.17, 15) is 0 Å². The van der Waals surface area contributed by atoms with Crippen LogP contribution in [0.3, 0.4) is 0 Å². The Bertz CT molecular complexity index is 232. The highest BCUT2D eigenvalue weighted by molar-refractivity contribution is 8.00. The van der Waals surface area contributed by atoms with Crippen molar-refractivity contribution in [2.45, 2.75) is 83.3 Å². The summed E-state index contributed by atoms with van der Waals surface area (Å²) < 4.78 is 0. The molecular formula is C16H33NS. The van der Waals surface area contributed by atoms with Gasteiger partial charge in [-0.25, -0.2) is 0 Å². The van der Waals surface area contributed by atoms with E-state index in [1.54, 1.807) is 0 Å². The number of nitrogens with one attached hydrogen (secondary N) is 1. The van der Waals surface area contributed by atoms with Gasteiger partial charge >= 0.3 is 0 Å². The number of hydrogen-bond donors (Lipinski definition) is 1. The Balaban J connectivity index is 2.42. The predicted octanol–water partition coefficient (Wildman–Crippen LogP) is 4.71. The smallest absolute Gasteiger partial charge is 0.0198 e. The Hall–Kier alpha value is 0.310. The minimum atomic E-state index is 0.244. The first-order valence-corrected chi connectivity index (χ1v) is 8.62. The van der Waals surface area contributed by atoms with Crippen molar-refractivity contribution in [1.29, 1.82) is 0 Å². The summed E-state index contributed by atoms with van der Waals surface area (Å²) in [5, 5.41) is 5.35. The highest BCUT2D eigenvalue weighted by Crippen LogP contribution is 2.36. The molecular weight excluding hydrogens is 238 g/mol. The average molecular weight is 272 g/mol. The Morgan fingerprint density at radius 1 is 1.22 bits per heavy atom. The lowest BCUT2D eigenvalue weighted by Gasteiger charge is -2.33. The maximum absolute atomic E-state index is 3.68. The first kappa shape index (κ1) is 16.4. The summed E-state index contributed by atoms with van der Waals surface area (Å²) in [6, 6.07) is 0. The Morgan fingerprint density at radius 3 is 2.39 bits per heavy atom. The van der Waals surface area contributed by atoms with Crippen molar-refractivity contribution in [3.05, 3.63) is 0 Å². The monoisotopic (exact) mass is 271 g/mol. The highest BCUT2D eigenvalue weighted by atomic mass is 32.2. The van der Waals surface area contributed by atoms with Crippen molar-refractivity contribution in [3.63, 3.8) is 0 Å². The van der Waals surface area contributed by atoms with Gasteiger partial charge in [-0.05, 0) is 45.4 Å². The number of hydrogen-bond acceptors (Lipinski definition) is 2. The van der Waals surface area contributed by atoms with E-state index in [1.165, 1.54) is 25.7 Å². The Morgan fingerprint density at radius 2 is 1.89 bits per heavy atom. The van der Waals surface area contributed by atoms with Crippen LogP contribution in [0.5, 0.6) is 0 Å². The van der Waals surface area contributed by atoms with E-state index in [0.717, 1.165) is 28.9 Å². The summed E-state index contributed by atoms with van der Waals surface area (Å²) in [6.45, 7) is 15.1. The Kier molecular flexibility index (Phi) is 6.54. The van der Waals surface area contributed by atoms with E-state index >= 15 is 0 Å². The molecule has 3 atom stereocenters. The van der Waals surface area contributed by atoms with E-state index in [4.69, 9.17) is 0 Å². The molecule has 0 radical (unpaired) electrons. The summed E-state index contributed by atoms with van der Waals surface area (Å²) in [5.41, 5.74) is 0.244. The molecule has 1 nitrogen and oxygen atoms in total. The van der Waals surface area contributed by atoms with Crippen LogP contribution in [-0.4, -0.2) is 22.6 Å². The van der Waals surface area contributed by atoms with Gasteiger partial charge in [0.15, 0.2) is 0 Å². The van der Waals surface area contributed by atoms with Crippen molar-refractivity contribution in [2.24, 2.45) is 11.8 Å². The molecule has 0 heterocycles. The molecule has 0 aliphatic heterocycles. The first-order chi connectivity index (χ1) is 8.28. The molecule has 0 aromatic rings. The summed E-state index contributed by atoms with van der Waals surface area (Å²) in [5.74, 6) is 1.71. The van der Waals surface area contributed by atoms with Crippen LogP contribution in [0.4, 0.5) is 0 Å². The van der Waals surface area contributed by atoms with Crippen LogP contribution in [0.15, 0.2) is 0 Å². The summed E-state index contributed by atoms with van der Waals surface area (Å²) in [6.07, 6.45) is 5.76. The van der Waals surface area contributed by atoms with Crippen molar-refractivity contribution in [3.8, 4) is 0 Å². The fraction of sp³-hybridized carbons (Fsp3) is 1.00. The number of thioether (sulfide) groups is 1. The molecule has 0 aromatic carbocycles. The second kappa shape index (κ2) is 7.19.